The van der Waals surface area contributed by atoms with E-state index in [1.54, 1.807) is 12.4 Å². The summed E-state index contributed by atoms with van der Waals surface area (Å²) in [4.78, 5) is 6.41. The molecule has 2 rings (SSSR count). The van der Waals surface area contributed by atoms with Crippen LogP contribution in [0.4, 0.5) is 5.69 Å². The summed E-state index contributed by atoms with van der Waals surface area (Å²) in [6, 6.07) is 2.64. The van der Waals surface area contributed by atoms with Gasteiger partial charge in [-0.3, -0.25) is 4.98 Å². The molecule has 0 saturated heterocycles. The van der Waals surface area contributed by atoms with Crippen LogP contribution in [0.25, 0.3) is 0 Å². The van der Waals surface area contributed by atoms with E-state index in [4.69, 9.17) is 23.2 Å². The van der Waals surface area contributed by atoms with Gasteiger partial charge in [-0.25, -0.2) is 0 Å². The smallest absolute Gasteiger partial charge is 0.0822 e. The Morgan fingerprint density at radius 2 is 2.25 bits per heavy atom. The summed E-state index contributed by atoms with van der Waals surface area (Å²) in [5.41, 5.74) is 1.10. The molecule has 1 aromatic rings. The van der Waals surface area contributed by atoms with Crippen LogP contribution in [0, 0.1) is 0 Å². The third-order valence-corrected chi connectivity index (χ3v) is 3.67. The Hall–Kier alpha value is -0.470. The minimum atomic E-state index is 0.642. The Labute approximate surface area is 107 Å². The van der Waals surface area contributed by atoms with E-state index in [2.05, 4.69) is 9.88 Å². The molecule has 1 fully saturated rings. The van der Waals surface area contributed by atoms with Crippen molar-refractivity contribution in [2.24, 2.45) is 0 Å². The molecule has 0 aliphatic heterocycles. The zero-order chi connectivity index (χ0) is 11.4. The lowest BCUT2D eigenvalue weighted by Crippen LogP contribution is -2.41. The number of pyridine rings is 1. The lowest BCUT2D eigenvalue weighted by molar-refractivity contribution is 0.386. The average molecular weight is 259 g/mol. The minimum Gasteiger partial charge on any atom is -0.367 e. The molecule has 0 unspecified atom stereocenters. The normalized spacial score (nSPS) is 15.9. The summed E-state index contributed by atoms with van der Waals surface area (Å²) < 4.78 is 0. The van der Waals surface area contributed by atoms with E-state index in [1.165, 1.54) is 19.3 Å². The van der Waals surface area contributed by atoms with Crippen molar-refractivity contribution in [1.29, 1.82) is 0 Å². The van der Waals surface area contributed by atoms with Gasteiger partial charge < -0.3 is 4.90 Å². The van der Waals surface area contributed by atoms with Gasteiger partial charge in [0.2, 0.25) is 0 Å². The fourth-order valence-electron chi connectivity index (χ4n) is 2.03. The number of alkyl halides is 1. The molecule has 0 bridgehead atoms. The molecule has 1 aliphatic rings. The first kappa shape index (κ1) is 12.0. The second kappa shape index (κ2) is 5.74. The lowest BCUT2D eigenvalue weighted by Gasteiger charge is -2.39. The number of nitrogens with zero attached hydrogens (tertiary/aromatic N) is 2. The molecule has 4 heteroatoms. The minimum absolute atomic E-state index is 0.642. The first-order chi connectivity index (χ1) is 7.83. The third-order valence-electron chi connectivity index (χ3n) is 3.11. The van der Waals surface area contributed by atoms with Crippen LogP contribution < -0.4 is 4.90 Å². The van der Waals surface area contributed by atoms with Crippen LogP contribution in [-0.4, -0.2) is 23.5 Å². The predicted octanol–water partition coefficient (Wildman–Crippen LogP) is 3.72. The van der Waals surface area contributed by atoms with Gasteiger partial charge in [-0.05, 0) is 31.7 Å². The highest BCUT2D eigenvalue weighted by atomic mass is 35.5. The van der Waals surface area contributed by atoms with Crippen LogP contribution in [0.5, 0.6) is 0 Å². The number of anilines is 1. The number of hydrogen-bond acceptors (Lipinski definition) is 2. The molecule has 0 N–H and O–H groups in total. The van der Waals surface area contributed by atoms with Crippen molar-refractivity contribution in [2.45, 2.75) is 31.7 Å². The van der Waals surface area contributed by atoms with Crippen LogP contribution in [-0.2, 0) is 0 Å². The second-order valence-corrected chi connectivity index (χ2v) is 4.93. The van der Waals surface area contributed by atoms with E-state index >= 15 is 0 Å². The third kappa shape index (κ3) is 2.61. The van der Waals surface area contributed by atoms with Gasteiger partial charge in [0.15, 0.2) is 0 Å². The number of halogens is 2. The van der Waals surface area contributed by atoms with Crippen molar-refractivity contribution < 1.29 is 0 Å². The van der Waals surface area contributed by atoms with E-state index in [1.807, 2.05) is 6.07 Å². The van der Waals surface area contributed by atoms with E-state index < -0.39 is 0 Å². The molecule has 0 aromatic carbocycles. The molecule has 2 nitrogen and oxygen atoms in total. The van der Waals surface area contributed by atoms with Gasteiger partial charge in [0.1, 0.15) is 0 Å². The van der Waals surface area contributed by atoms with Crippen LogP contribution >= 0.6 is 23.2 Å². The Balaban J connectivity index is 2.13. The van der Waals surface area contributed by atoms with Gasteiger partial charge in [-0.15, -0.1) is 11.6 Å². The Morgan fingerprint density at radius 1 is 1.44 bits per heavy atom. The monoisotopic (exact) mass is 258 g/mol. The molecule has 1 aromatic heterocycles. The highest BCUT2D eigenvalue weighted by molar-refractivity contribution is 6.33. The van der Waals surface area contributed by atoms with Gasteiger partial charge in [0.05, 0.1) is 10.7 Å². The highest BCUT2D eigenvalue weighted by Gasteiger charge is 2.25. The highest BCUT2D eigenvalue weighted by Crippen LogP contribution is 2.33. The molecule has 1 heterocycles. The molecular formula is C12H16Cl2N2. The van der Waals surface area contributed by atoms with Crippen LogP contribution in [0.15, 0.2) is 18.5 Å². The largest absolute Gasteiger partial charge is 0.367 e. The quantitative estimate of drug-likeness (QED) is 0.749. The van der Waals surface area contributed by atoms with Gasteiger partial charge in [0.25, 0.3) is 0 Å². The molecule has 0 amide bonds. The van der Waals surface area contributed by atoms with Gasteiger partial charge in [-0.2, -0.15) is 0 Å². The van der Waals surface area contributed by atoms with E-state index in [0.717, 1.165) is 23.7 Å². The van der Waals surface area contributed by atoms with E-state index in [-0.39, 0.29) is 0 Å². The first-order valence-electron chi connectivity index (χ1n) is 5.75. The second-order valence-electron chi connectivity index (χ2n) is 4.15. The summed E-state index contributed by atoms with van der Waals surface area (Å²) >= 11 is 12.0. The zero-order valence-corrected chi connectivity index (χ0v) is 10.7. The van der Waals surface area contributed by atoms with Crippen LogP contribution in [0.3, 0.4) is 0 Å². The lowest BCUT2D eigenvalue weighted by atomic mass is 9.91. The molecule has 16 heavy (non-hydrogen) atoms. The topological polar surface area (TPSA) is 16.1 Å². The molecule has 1 saturated carbocycles. The van der Waals surface area contributed by atoms with Crippen molar-refractivity contribution >= 4 is 28.9 Å². The Kier molecular flexibility index (Phi) is 4.30. The van der Waals surface area contributed by atoms with Crippen molar-refractivity contribution in [3.05, 3.63) is 23.5 Å². The molecular weight excluding hydrogens is 243 g/mol. The zero-order valence-electron chi connectivity index (χ0n) is 9.20. The molecule has 0 spiro atoms. The SMILES string of the molecule is ClCCCN(c1ccncc1Cl)C1CCC1. The van der Waals surface area contributed by atoms with Crippen molar-refractivity contribution in [2.75, 3.05) is 17.3 Å². The van der Waals surface area contributed by atoms with E-state index in [0.29, 0.717) is 11.9 Å². The summed E-state index contributed by atoms with van der Waals surface area (Å²) in [5, 5.41) is 0.740. The number of aromatic nitrogens is 1. The van der Waals surface area contributed by atoms with Crippen molar-refractivity contribution in [1.82, 2.24) is 4.98 Å². The van der Waals surface area contributed by atoms with Crippen molar-refractivity contribution in [3.8, 4) is 0 Å². The number of rotatable bonds is 5. The maximum atomic E-state index is 6.19. The van der Waals surface area contributed by atoms with Gasteiger partial charge in [0, 0.05) is 30.9 Å². The predicted molar refractivity (Wildman–Crippen MR) is 69.6 cm³/mol. The molecule has 88 valence electrons. The average Bonchev–Trinajstić information content (AvgIpc) is 2.22. The first-order valence-corrected chi connectivity index (χ1v) is 6.66. The summed E-state index contributed by atoms with van der Waals surface area (Å²) in [7, 11) is 0. The van der Waals surface area contributed by atoms with Crippen LogP contribution in [0.1, 0.15) is 25.7 Å². The summed E-state index contributed by atoms with van der Waals surface area (Å²) in [6.07, 6.45) is 8.36. The fraction of sp³-hybridized carbons (Fsp3) is 0.583. The number of hydrogen-bond donors (Lipinski definition) is 0. The standard InChI is InChI=1S/C12H16Cl2N2/c13-6-2-8-16(10-3-1-4-10)12-5-7-15-9-11(12)14/h5,7,9-10H,1-4,6,8H2. The Morgan fingerprint density at radius 3 is 2.81 bits per heavy atom. The molecule has 0 radical (unpaired) electrons. The van der Waals surface area contributed by atoms with Gasteiger partial charge in [-0.1, -0.05) is 11.6 Å². The van der Waals surface area contributed by atoms with Crippen molar-refractivity contribution in [3.63, 3.8) is 0 Å². The summed E-state index contributed by atoms with van der Waals surface area (Å²) in [5.74, 6) is 0.700. The maximum absolute atomic E-state index is 6.19. The van der Waals surface area contributed by atoms with E-state index in [9.17, 15) is 0 Å². The molecule has 1 aliphatic carbocycles. The summed E-state index contributed by atoms with van der Waals surface area (Å²) in [6.45, 7) is 0.984. The maximum Gasteiger partial charge on any atom is 0.0822 e. The van der Waals surface area contributed by atoms with Gasteiger partial charge >= 0.3 is 0 Å². The fourth-order valence-corrected chi connectivity index (χ4v) is 2.38. The molecule has 0 atom stereocenters. The van der Waals surface area contributed by atoms with Crippen LogP contribution in [0.2, 0.25) is 5.02 Å². The Bertz CT molecular complexity index is 340.